The number of carbonyl (C=O) groups is 1. The zero-order valence-electron chi connectivity index (χ0n) is 12.8. The first-order chi connectivity index (χ1) is 11.5. The summed E-state index contributed by atoms with van der Waals surface area (Å²) in [5.74, 6) is -0.802. The van der Waals surface area contributed by atoms with Crippen LogP contribution in [0.4, 0.5) is 10.1 Å². The molecule has 24 heavy (non-hydrogen) atoms. The minimum atomic E-state index is -0.494. The van der Waals surface area contributed by atoms with E-state index < -0.39 is 11.1 Å². The number of aryl methyl sites for hydroxylation is 1. The molecule has 9 heteroatoms. The summed E-state index contributed by atoms with van der Waals surface area (Å²) in [7, 11) is 1.79. The molecule has 3 rings (SSSR count). The van der Waals surface area contributed by atoms with E-state index in [4.69, 9.17) is 0 Å². The number of amides is 1. The van der Waals surface area contributed by atoms with Crippen LogP contribution < -0.4 is 5.32 Å². The van der Waals surface area contributed by atoms with E-state index in [1.165, 1.54) is 30.2 Å². The molecular weight excluding hydrogens is 397 g/mol. The fourth-order valence-electron chi connectivity index (χ4n) is 2.08. The molecule has 1 aromatic carbocycles. The van der Waals surface area contributed by atoms with Gasteiger partial charge in [-0.2, -0.15) is 5.10 Å². The Hall–Kier alpha value is -2.00. The molecular formula is C15H13BrFN5OS. The van der Waals surface area contributed by atoms with Crippen LogP contribution >= 0.6 is 27.7 Å². The van der Waals surface area contributed by atoms with E-state index in [2.05, 4.69) is 36.3 Å². The zero-order chi connectivity index (χ0) is 17.3. The highest BCUT2D eigenvalue weighted by Crippen LogP contribution is 2.28. The SMILES string of the molecule is CC(Sc1ncnc2c1cnn2C)C(=O)Nc1ccc(Br)cc1F. The summed E-state index contributed by atoms with van der Waals surface area (Å²) in [6.07, 6.45) is 3.10. The number of nitrogens with zero attached hydrogens (tertiary/aromatic N) is 4. The van der Waals surface area contributed by atoms with Gasteiger partial charge in [-0.05, 0) is 25.1 Å². The first kappa shape index (κ1) is 16.8. The molecule has 1 amide bonds. The number of rotatable bonds is 4. The Morgan fingerprint density at radius 1 is 1.42 bits per heavy atom. The van der Waals surface area contributed by atoms with Crippen LogP contribution in [0, 0.1) is 5.82 Å². The molecule has 124 valence electrons. The maximum absolute atomic E-state index is 13.8. The molecule has 2 heterocycles. The number of benzene rings is 1. The smallest absolute Gasteiger partial charge is 0.237 e. The molecule has 0 aliphatic carbocycles. The van der Waals surface area contributed by atoms with Crippen molar-refractivity contribution in [1.82, 2.24) is 19.7 Å². The molecule has 6 nitrogen and oxygen atoms in total. The van der Waals surface area contributed by atoms with Crippen LogP contribution in [0.3, 0.4) is 0 Å². The predicted octanol–water partition coefficient (Wildman–Crippen LogP) is 3.38. The third kappa shape index (κ3) is 3.41. The van der Waals surface area contributed by atoms with Crippen molar-refractivity contribution in [1.29, 1.82) is 0 Å². The van der Waals surface area contributed by atoms with Crippen LogP contribution in [0.1, 0.15) is 6.92 Å². The van der Waals surface area contributed by atoms with Gasteiger partial charge in [0.1, 0.15) is 17.2 Å². The largest absolute Gasteiger partial charge is 0.323 e. The topological polar surface area (TPSA) is 72.7 Å². The number of thioether (sulfide) groups is 1. The molecule has 0 radical (unpaired) electrons. The van der Waals surface area contributed by atoms with Crippen LogP contribution in [0.2, 0.25) is 0 Å². The van der Waals surface area contributed by atoms with Crippen LogP contribution in [-0.4, -0.2) is 30.9 Å². The maximum atomic E-state index is 13.8. The number of anilines is 1. The summed E-state index contributed by atoms with van der Waals surface area (Å²) < 4.78 is 16.1. The van der Waals surface area contributed by atoms with Gasteiger partial charge in [0.05, 0.1) is 22.5 Å². The number of halogens is 2. The molecule has 0 bridgehead atoms. The normalized spacial score (nSPS) is 12.3. The summed E-state index contributed by atoms with van der Waals surface area (Å²) >= 11 is 4.46. The number of aromatic nitrogens is 4. The first-order valence-corrected chi connectivity index (χ1v) is 8.68. The van der Waals surface area contributed by atoms with Crippen molar-refractivity contribution in [2.24, 2.45) is 7.05 Å². The highest BCUT2D eigenvalue weighted by atomic mass is 79.9. The number of nitrogens with one attached hydrogen (secondary N) is 1. The molecule has 3 aromatic rings. The molecule has 1 unspecified atom stereocenters. The highest BCUT2D eigenvalue weighted by Gasteiger charge is 2.19. The quantitative estimate of drug-likeness (QED) is 0.528. The van der Waals surface area contributed by atoms with Gasteiger partial charge in [-0.25, -0.2) is 14.4 Å². The molecule has 2 aromatic heterocycles. The lowest BCUT2D eigenvalue weighted by molar-refractivity contribution is -0.115. The fourth-order valence-corrected chi connectivity index (χ4v) is 3.29. The lowest BCUT2D eigenvalue weighted by Crippen LogP contribution is -2.23. The van der Waals surface area contributed by atoms with Crippen LogP contribution in [0.15, 0.2) is 40.2 Å². The fraction of sp³-hybridized carbons (Fsp3) is 0.200. The summed E-state index contributed by atoms with van der Waals surface area (Å²) in [5.41, 5.74) is 0.837. The van der Waals surface area contributed by atoms with E-state index in [9.17, 15) is 9.18 Å². The van der Waals surface area contributed by atoms with Crippen molar-refractivity contribution in [3.05, 3.63) is 41.0 Å². The molecule has 0 spiro atoms. The zero-order valence-corrected chi connectivity index (χ0v) is 15.2. The van der Waals surface area contributed by atoms with E-state index >= 15 is 0 Å². The molecule has 0 aliphatic rings. The summed E-state index contributed by atoms with van der Waals surface area (Å²) in [6, 6.07) is 4.48. The number of fused-ring (bicyclic) bond motifs is 1. The Morgan fingerprint density at radius 3 is 2.96 bits per heavy atom. The van der Waals surface area contributed by atoms with Crippen molar-refractivity contribution in [3.63, 3.8) is 0 Å². The minimum absolute atomic E-state index is 0.143. The second kappa shape index (κ2) is 6.86. The highest BCUT2D eigenvalue weighted by molar-refractivity contribution is 9.10. The van der Waals surface area contributed by atoms with Crippen molar-refractivity contribution in [2.45, 2.75) is 17.2 Å². The molecule has 0 aliphatic heterocycles. The number of hydrogen-bond acceptors (Lipinski definition) is 5. The van der Waals surface area contributed by atoms with Crippen molar-refractivity contribution in [3.8, 4) is 0 Å². The van der Waals surface area contributed by atoms with Crippen LogP contribution in [0.25, 0.3) is 11.0 Å². The van der Waals surface area contributed by atoms with E-state index in [1.807, 2.05) is 0 Å². The Morgan fingerprint density at radius 2 is 2.21 bits per heavy atom. The van der Waals surface area contributed by atoms with Gasteiger partial charge >= 0.3 is 0 Å². The Kier molecular flexibility index (Phi) is 4.81. The lowest BCUT2D eigenvalue weighted by Gasteiger charge is -2.12. The third-order valence-electron chi connectivity index (χ3n) is 3.34. The van der Waals surface area contributed by atoms with Gasteiger partial charge in [0.25, 0.3) is 0 Å². The van der Waals surface area contributed by atoms with E-state index in [-0.39, 0.29) is 11.6 Å². The average molecular weight is 410 g/mol. The Balaban J connectivity index is 1.76. The number of carbonyl (C=O) groups excluding carboxylic acids is 1. The van der Waals surface area contributed by atoms with Crippen molar-refractivity contribution < 1.29 is 9.18 Å². The Labute approximate surface area is 150 Å². The van der Waals surface area contributed by atoms with Gasteiger partial charge in [-0.1, -0.05) is 27.7 Å². The van der Waals surface area contributed by atoms with Gasteiger partial charge in [0, 0.05) is 11.5 Å². The second-order valence-electron chi connectivity index (χ2n) is 5.06. The lowest BCUT2D eigenvalue weighted by atomic mass is 10.3. The molecule has 0 saturated heterocycles. The van der Waals surface area contributed by atoms with Gasteiger partial charge < -0.3 is 5.32 Å². The van der Waals surface area contributed by atoms with Crippen molar-refractivity contribution in [2.75, 3.05) is 5.32 Å². The molecule has 1 N–H and O–H groups in total. The molecule has 0 fully saturated rings. The molecule has 0 saturated carbocycles. The minimum Gasteiger partial charge on any atom is -0.323 e. The van der Waals surface area contributed by atoms with Crippen LogP contribution in [0.5, 0.6) is 0 Å². The van der Waals surface area contributed by atoms with Gasteiger partial charge in [-0.15, -0.1) is 0 Å². The Bertz CT molecular complexity index is 916. The van der Waals surface area contributed by atoms with Gasteiger partial charge in [-0.3, -0.25) is 9.48 Å². The summed E-state index contributed by atoms with van der Waals surface area (Å²) in [4.78, 5) is 20.7. The standard InChI is InChI=1S/C15H13BrFN5OS/c1-8(14(23)21-12-4-3-9(16)5-11(12)17)24-15-10-6-20-22(2)13(10)18-7-19-15/h3-8H,1-2H3,(H,21,23). The summed E-state index contributed by atoms with van der Waals surface area (Å²) in [6.45, 7) is 1.74. The van der Waals surface area contributed by atoms with Gasteiger partial charge in [0.15, 0.2) is 5.65 Å². The van der Waals surface area contributed by atoms with E-state index in [1.54, 1.807) is 30.9 Å². The maximum Gasteiger partial charge on any atom is 0.237 e. The van der Waals surface area contributed by atoms with E-state index in [0.717, 1.165) is 5.39 Å². The average Bonchev–Trinajstić information content (AvgIpc) is 2.92. The third-order valence-corrected chi connectivity index (χ3v) is 4.95. The van der Waals surface area contributed by atoms with Gasteiger partial charge in [0.2, 0.25) is 5.91 Å². The van der Waals surface area contributed by atoms with Crippen molar-refractivity contribution >= 4 is 50.3 Å². The monoisotopic (exact) mass is 409 g/mol. The number of hydrogen-bond donors (Lipinski definition) is 1. The summed E-state index contributed by atoms with van der Waals surface area (Å²) in [5, 5.41) is 7.70. The first-order valence-electron chi connectivity index (χ1n) is 7.01. The molecule has 1 atom stereocenters. The second-order valence-corrected chi connectivity index (χ2v) is 7.30. The van der Waals surface area contributed by atoms with Crippen LogP contribution in [-0.2, 0) is 11.8 Å². The predicted molar refractivity (Wildman–Crippen MR) is 94.4 cm³/mol. The van der Waals surface area contributed by atoms with E-state index in [0.29, 0.717) is 15.1 Å².